The van der Waals surface area contributed by atoms with Crippen molar-refractivity contribution >= 4 is 17.6 Å². The minimum Gasteiger partial charge on any atom is -0.462 e. The van der Waals surface area contributed by atoms with Crippen molar-refractivity contribution in [2.45, 2.75) is 13.1 Å². The van der Waals surface area contributed by atoms with Crippen molar-refractivity contribution in [2.75, 3.05) is 6.61 Å². The number of halogens is 5. The van der Waals surface area contributed by atoms with Crippen LogP contribution in [0.1, 0.15) is 23.0 Å². The molecule has 33 heavy (non-hydrogen) atoms. The van der Waals surface area contributed by atoms with Crippen molar-refractivity contribution in [3.8, 4) is 28.3 Å². The van der Waals surface area contributed by atoms with Crippen molar-refractivity contribution in [2.24, 2.45) is 0 Å². The molecule has 7 nitrogen and oxygen atoms in total. The average Bonchev–Trinajstić information content (AvgIpc) is 3.39. The van der Waals surface area contributed by atoms with Crippen molar-refractivity contribution in [3.63, 3.8) is 0 Å². The van der Waals surface area contributed by atoms with Gasteiger partial charge in [-0.2, -0.15) is 18.3 Å². The normalized spacial score (nSPS) is 11.6. The molecule has 0 unspecified atom stereocenters. The predicted octanol–water partition coefficient (Wildman–Crippen LogP) is 5.58. The lowest BCUT2D eigenvalue weighted by Crippen LogP contribution is -2.15. The Morgan fingerprint density at radius 2 is 1.94 bits per heavy atom. The zero-order valence-electron chi connectivity index (χ0n) is 16.7. The summed E-state index contributed by atoms with van der Waals surface area (Å²) in [6.07, 6.45) is -1.44. The molecule has 0 aliphatic heterocycles. The van der Waals surface area contributed by atoms with Gasteiger partial charge in [-0.3, -0.25) is 4.98 Å². The van der Waals surface area contributed by atoms with Gasteiger partial charge in [0.1, 0.15) is 17.1 Å². The van der Waals surface area contributed by atoms with Gasteiger partial charge in [-0.25, -0.2) is 13.9 Å². The summed E-state index contributed by atoms with van der Waals surface area (Å²) >= 11 is 6.08. The van der Waals surface area contributed by atoms with E-state index in [0.717, 1.165) is 12.3 Å². The van der Waals surface area contributed by atoms with Gasteiger partial charge in [-0.1, -0.05) is 22.8 Å². The van der Waals surface area contributed by atoms with Crippen LogP contribution in [0, 0.1) is 5.82 Å². The van der Waals surface area contributed by atoms with Gasteiger partial charge in [0.25, 0.3) is 0 Å². The first-order valence-corrected chi connectivity index (χ1v) is 9.79. The molecule has 0 spiro atoms. The Balaban J connectivity index is 2.00. The zero-order valence-corrected chi connectivity index (χ0v) is 17.5. The monoisotopic (exact) mass is 480 g/mol. The van der Waals surface area contributed by atoms with Crippen LogP contribution in [0.2, 0.25) is 5.02 Å². The molecule has 0 fully saturated rings. The summed E-state index contributed by atoms with van der Waals surface area (Å²) in [5.74, 6) is -2.50. The SMILES string of the molecule is CCOC(=O)c1c(-c2c(F)cccc2Cl)noc1-c1cnn(-c2ccncc2)c1C(F)(F)F. The van der Waals surface area contributed by atoms with Crippen molar-refractivity contribution in [1.29, 1.82) is 0 Å². The number of ether oxygens (including phenoxy) is 1. The molecule has 1 aromatic carbocycles. The van der Waals surface area contributed by atoms with E-state index in [1.54, 1.807) is 0 Å². The molecule has 3 aromatic heterocycles. The molecule has 0 N–H and O–H groups in total. The lowest BCUT2D eigenvalue weighted by molar-refractivity contribution is -0.142. The lowest BCUT2D eigenvalue weighted by atomic mass is 10.0. The van der Waals surface area contributed by atoms with Gasteiger partial charge in [0, 0.05) is 12.4 Å². The first-order chi connectivity index (χ1) is 15.7. The van der Waals surface area contributed by atoms with E-state index in [1.807, 2.05) is 0 Å². The molecule has 0 atom stereocenters. The highest BCUT2D eigenvalue weighted by molar-refractivity contribution is 6.33. The number of carbonyl (C=O) groups is 1. The van der Waals surface area contributed by atoms with E-state index in [2.05, 4.69) is 15.2 Å². The number of carbonyl (C=O) groups excluding carboxylic acids is 1. The third-order valence-electron chi connectivity index (χ3n) is 4.56. The molecule has 0 aliphatic carbocycles. The Morgan fingerprint density at radius 3 is 2.58 bits per heavy atom. The number of pyridine rings is 1. The van der Waals surface area contributed by atoms with E-state index in [-0.39, 0.29) is 22.9 Å². The van der Waals surface area contributed by atoms with Gasteiger partial charge in [0.15, 0.2) is 11.5 Å². The second kappa shape index (κ2) is 8.66. The summed E-state index contributed by atoms with van der Waals surface area (Å²) in [5.41, 5.74) is -2.97. The van der Waals surface area contributed by atoms with Crippen LogP contribution >= 0.6 is 11.6 Å². The number of hydrogen-bond acceptors (Lipinski definition) is 6. The Morgan fingerprint density at radius 1 is 1.21 bits per heavy atom. The molecular formula is C21H13ClF4N4O3. The molecule has 0 amide bonds. The summed E-state index contributed by atoms with van der Waals surface area (Å²) in [5, 5.41) is 7.38. The first-order valence-electron chi connectivity index (χ1n) is 9.41. The highest BCUT2D eigenvalue weighted by Crippen LogP contribution is 2.43. The lowest BCUT2D eigenvalue weighted by Gasteiger charge is -2.12. The molecule has 4 aromatic rings. The predicted molar refractivity (Wildman–Crippen MR) is 108 cm³/mol. The minimum atomic E-state index is -4.91. The maximum absolute atomic E-state index is 14.6. The Bertz CT molecular complexity index is 1300. The standard InChI is InChI=1S/C21H13ClF4N4O3/c1-2-32-20(31)16-17(15-13(22)4-3-5-14(15)23)29-33-18(16)12-10-28-30(19(12)21(24,25)26)11-6-8-27-9-7-11/h3-10H,2H2,1H3. The van der Waals surface area contributed by atoms with Crippen LogP contribution in [-0.2, 0) is 10.9 Å². The summed E-state index contributed by atoms with van der Waals surface area (Å²) in [6.45, 7) is 1.40. The summed E-state index contributed by atoms with van der Waals surface area (Å²) in [6, 6.07) is 6.37. The van der Waals surface area contributed by atoms with Gasteiger partial charge in [-0.05, 0) is 31.2 Å². The Labute approximate surface area is 188 Å². The number of alkyl halides is 3. The van der Waals surface area contributed by atoms with E-state index in [0.29, 0.717) is 4.68 Å². The second-order valence-electron chi connectivity index (χ2n) is 6.57. The van der Waals surface area contributed by atoms with Crippen LogP contribution in [-0.4, -0.2) is 32.5 Å². The first kappa shape index (κ1) is 22.5. The van der Waals surface area contributed by atoms with Crippen LogP contribution in [0.15, 0.2) is 53.4 Å². The molecule has 0 radical (unpaired) electrons. The van der Waals surface area contributed by atoms with Gasteiger partial charge < -0.3 is 9.26 Å². The van der Waals surface area contributed by atoms with E-state index >= 15 is 0 Å². The van der Waals surface area contributed by atoms with E-state index in [1.165, 1.54) is 43.6 Å². The number of aromatic nitrogens is 4. The Hall–Kier alpha value is -3.73. The maximum Gasteiger partial charge on any atom is 0.434 e. The van der Waals surface area contributed by atoms with Crippen molar-refractivity contribution in [1.82, 2.24) is 19.9 Å². The zero-order chi connectivity index (χ0) is 23.8. The number of nitrogens with zero attached hydrogens (tertiary/aromatic N) is 4. The van der Waals surface area contributed by atoms with Gasteiger partial charge in [-0.15, -0.1) is 0 Å². The second-order valence-corrected chi connectivity index (χ2v) is 6.98. The largest absolute Gasteiger partial charge is 0.462 e. The summed E-state index contributed by atoms with van der Waals surface area (Å²) in [4.78, 5) is 16.5. The van der Waals surface area contributed by atoms with Crippen molar-refractivity contribution < 1.29 is 31.6 Å². The smallest absolute Gasteiger partial charge is 0.434 e. The number of benzene rings is 1. The topological polar surface area (TPSA) is 83.0 Å². The van der Waals surface area contributed by atoms with Gasteiger partial charge in [0.05, 0.1) is 34.6 Å². The highest BCUT2D eigenvalue weighted by Gasteiger charge is 2.42. The third kappa shape index (κ3) is 4.07. The molecule has 0 bridgehead atoms. The van der Waals surface area contributed by atoms with E-state index < -0.39 is 46.2 Å². The third-order valence-corrected chi connectivity index (χ3v) is 4.88. The fraction of sp³-hybridized carbons (Fsp3) is 0.143. The molecule has 0 saturated carbocycles. The Kier molecular flexibility index (Phi) is 5.90. The van der Waals surface area contributed by atoms with Crippen LogP contribution in [0.4, 0.5) is 17.6 Å². The van der Waals surface area contributed by atoms with Gasteiger partial charge >= 0.3 is 12.1 Å². The molecular weight excluding hydrogens is 468 g/mol. The van der Waals surface area contributed by atoms with E-state index in [9.17, 15) is 22.4 Å². The average molecular weight is 481 g/mol. The fourth-order valence-corrected chi connectivity index (χ4v) is 3.48. The maximum atomic E-state index is 14.6. The van der Waals surface area contributed by atoms with Crippen LogP contribution in [0.25, 0.3) is 28.3 Å². The van der Waals surface area contributed by atoms with E-state index in [4.69, 9.17) is 20.9 Å². The van der Waals surface area contributed by atoms with Crippen LogP contribution < -0.4 is 0 Å². The molecule has 0 saturated heterocycles. The van der Waals surface area contributed by atoms with Crippen LogP contribution in [0.3, 0.4) is 0 Å². The molecule has 4 rings (SSSR count). The van der Waals surface area contributed by atoms with Gasteiger partial charge in [0.2, 0.25) is 0 Å². The van der Waals surface area contributed by atoms with Crippen molar-refractivity contribution in [3.05, 3.63) is 71.0 Å². The molecule has 170 valence electrons. The molecule has 12 heteroatoms. The molecule has 3 heterocycles. The van der Waals surface area contributed by atoms with Crippen LogP contribution in [0.5, 0.6) is 0 Å². The number of esters is 1. The minimum absolute atomic E-state index is 0.0677. The highest BCUT2D eigenvalue weighted by atomic mass is 35.5. The number of rotatable bonds is 5. The fourth-order valence-electron chi connectivity index (χ4n) is 3.23. The summed E-state index contributed by atoms with van der Waals surface area (Å²) in [7, 11) is 0. The summed E-state index contributed by atoms with van der Waals surface area (Å²) < 4.78 is 67.7. The number of hydrogen-bond donors (Lipinski definition) is 0. The quantitative estimate of drug-likeness (QED) is 0.274. The molecule has 0 aliphatic rings.